The Hall–Kier alpha value is -2.80. The van der Waals surface area contributed by atoms with Gasteiger partial charge in [-0.15, -0.1) is 0 Å². The second kappa shape index (κ2) is 8.60. The lowest BCUT2D eigenvalue weighted by molar-refractivity contribution is -0.123. The van der Waals surface area contributed by atoms with Gasteiger partial charge in [-0.05, 0) is 36.5 Å². The number of anilines is 1. The van der Waals surface area contributed by atoms with E-state index in [9.17, 15) is 4.79 Å². The molecule has 0 saturated carbocycles. The van der Waals surface area contributed by atoms with E-state index >= 15 is 0 Å². The van der Waals surface area contributed by atoms with Gasteiger partial charge in [0.25, 0.3) is 5.91 Å². The van der Waals surface area contributed by atoms with E-state index in [4.69, 9.17) is 21.7 Å². The Morgan fingerprint density at radius 3 is 2.35 bits per heavy atom. The quantitative estimate of drug-likeness (QED) is 0.576. The zero-order valence-corrected chi connectivity index (χ0v) is 13.4. The molecule has 23 heavy (non-hydrogen) atoms. The predicted octanol–water partition coefficient (Wildman–Crippen LogP) is 2.09. The Morgan fingerprint density at radius 2 is 1.65 bits per heavy atom. The molecule has 0 heterocycles. The number of ether oxygens (including phenoxy) is 2. The van der Waals surface area contributed by atoms with Crippen LogP contribution < -0.4 is 25.6 Å². The van der Waals surface area contributed by atoms with Crippen LogP contribution in [0.2, 0.25) is 0 Å². The van der Waals surface area contributed by atoms with E-state index in [1.54, 1.807) is 18.2 Å². The molecule has 2 aromatic rings. The average molecular weight is 331 g/mol. The van der Waals surface area contributed by atoms with Crippen molar-refractivity contribution in [3.05, 3.63) is 54.6 Å². The van der Waals surface area contributed by atoms with Gasteiger partial charge < -0.3 is 14.8 Å². The standard InChI is InChI=1S/C16H17N3O3S/c1-21-13-9-5-6-10-14(13)22-11-15(20)18-19-16(23)17-12-7-3-2-4-8-12/h2-10H,11H2,1H3,(H,18,20)(H2,17,19,23). The van der Waals surface area contributed by atoms with Crippen molar-refractivity contribution in [3.8, 4) is 11.5 Å². The van der Waals surface area contributed by atoms with Crippen molar-refractivity contribution in [1.29, 1.82) is 0 Å². The summed E-state index contributed by atoms with van der Waals surface area (Å²) >= 11 is 5.07. The van der Waals surface area contributed by atoms with Gasteiger partial charge in [-0.25, -0.2) is 0 Å². The highest BCUT2D eigenvalue weighted by Gasteiger charge is 2.07. The maximum absolute atomic E-state index is 11.7. The summed E-state index contributed by atoms with van der Waals surface area (Å²) in [4.78, 5) is 11.7. The monoisotopic (exact) mass is 331 g/mol. The first-order valence-corrected chi connectivity index (χ1v) is 7.26. The van der Waals surface area contributed by atoms with E-state index < -0.39 is 0 Å². The largest absolute Gasteiger partial charge is 0.493 e. The second-order valence-corrected chi connectivity index (χ2v) is 4.84. The van der Waals surface area contributed by atoms with Crippen LogP contribution in [0.15, 0.2) is 54.6 Å². The van der Waals surface area contributed by atoms with Crippen molar-refractivity contribution in [2.45, 2.75) is 0 Å². The van der Waals surface area contributed by atoms with Gasteiger partial charge in [-0.1, -0.05) is 30.3 Å². The highest BCUT2D eigenvalue weighted by molar-refractivity contribution is 7.80. The molecule has 0 saturated heterocycles. The third-order valence-electron chi connectivity index (χ3n) is 2.77. The number of rotatable bonds is 5. The molecular weight excluding hydrogens is 314 g/mol. The van der Waals surface area contributed by atoms with Gasteiger partial charge in [-0.2, -0.15) is 0 Å². The fourth-order valence-electron chi connectivity index (χ4n) is 1.73. The third-order valence-corrected chi connectivity index (χ3v) is 2.98. The number of carbonyl (C=O) groups excluding carboxylic acids is 1. The van der Waals surface area contributed by atoms with Gasteiger partial charge in [0, 0.05) is 5.69 Å². The van der Waals surface area contributed by atoms with Crippen molar-refractivity contribution >= 4 is 28.9 Å². The first kappa shape index (κ1) is 16.6. The van der Waals surface area contributed by atoms with E-state index in [-0.39, 0.29) is 17.6 Å². The maximum atomic E-state index is 11.7. The fraction of sp³-hybridized carbons (Fsp3) is 0.125. The van der Waals surface area contributed by atoms with E-state index in [0.717, 1.165) is 5.69 Å². The summed E-state index contributed by atoms with van der Waals surface area (Å²) in [7, 11) is 1.54. The van der Waals surface area contributed by atoms with Gasteiger partial charge >= 0.3 is 0 Å². The van der Waals surface area contributed by atoms with Crippen LogP contribution in [-0.2, 0) is 4.79 Å². The molecule has 7 heteroatoms. The first-order valence-electron chi connectivity index (χ1n) is 6.86. The normalized spacial score (nSPS) is 9.61. The number of hydrazine groups is 1. The molecule has 3 N–H and O–H groups in total. The minimum Gasteiger partial charge on any atom is -0.493 e. The molecule has 1 amide bonds. The van der Waals surface area contributed by atoms with Crippen LogP contribution in [0.4, 0.5) is 5.69 Å². The van der Waals surface area contributed by atoms with E-state index in [2.05, 4.69) is 16.2 Å². The van der Waals surface area contributed by atoms with Crippen LogP contribution >= 0.6 is 12.2 Å². The zero-order chi connectivity index (χ0) is 16.5. The summed E-state index contributed by atoms with van der Waals surface area (Å²) in [5.41, 5.74) is 5.88. The van der Waals surface area contributed by atoms with Crippen LogP contribution in [0.5, 0.6) is 11.5 Å². The minimum absolute atomic E-state index is 0.165. The number of para-hydroxylation sites is 3. The number of amides is 1. The van der Waals surface area contributed by atoms with Crippen molar-refractivity contribution < 1.29 is 14.3 Å². The summed E-state index contributed by atoms with van der Waals surface area (Å²) in [5.74, 6) is 0.692. The van der Waals surface area contributed by atoms with Gasteiger partial charge in [-0.3, -0.25) is 15.6 Å². The summed E-state index contributed by atoms with van der Waals surface area (Å²) in [6.07, 6.45) is 0. The summed E-state index contributed by atoms with van der Waals surface area (Å²) in [6, 6.07) is 16.5. The SMILES string of the molecule is COc1ccccc1OCC(=O)NNC(=S)Nc1ccccc1. The average Bonchev–Trinajstić information content (AvgIpc) is 2.59. The Labute approximate surface area is 139 Å². The number of carbonyl (C=O) groups is 1. The van der Waals surface area contributed by atoms with Crippen molar-refractivity contribution in [3.63, 3.8) is 0 Å². The molecule has 2 aromatic carbocycles. The number of nitrogens with one attached hydrogen (secondary N) is 3. The van der Waals surface area contributed by atoms with Crippen LogP contribution in [0.3, 0.4) is 0 Å². The molecule has 0 atom stereocenters. The van der Waals surface area contributed by atoms with Crippen LogP contribution in [0, 0.1) is 0 Å². The molecule has 0 fully saturated rings. The van der Waals surface area contributed by atoms with Crippen molar-refractivity contribution in [2.75, 3.05) is 19.0 Å². The molecule has 2 rings (SSSR count). The Balaban J connectivity index is 1.74. The summed E-state index contributed by atoms with van der Waals surface area (Å²) < 4.78 is 10.5. The van der Waals surface area contributed by atoms with Crippen LogP contribution in [0.25, 0.3) is 0 Å². The summed E-state index contributed by atoms with van der Waals surface area (Å²) in [6.45, 7) is -0.165. The molecule has 0 aliphatic carbocycles. The molecule has 0 bridgehead atoms. The van der Waals surface area contributed by atoms with E-state index in [1.807, 2.05) is 36.4 Å². The number of hydrogen-bond acceptors (Lipinski definition) is 4. The zero-order valence-electron chi connectivity index (χ0n) is 12.5. The highest BCUT2D eigenvalue weighted by Crippen LogP contribution is 2.25. The lowest BCUT2D eigenvalue weighted by Gasteiger charge is -2.13. The lowest BCUT2D eigenvalue weighted by Crippen LogP contribution is -2.45. The smallest absolute Gasteiger partial charge is 0.276 e. The Kier molecular flexibility index (Phi) is 6.19. The van der Waals surface area contributed by atoms with Gasteiger partial charge in [0.05, 0.1) is 7.11 Å². The molecule has 0 radical (unpaired) electrons. The molecular formula is C16H17N3O3S. The highest BCUT2D eigenvalue weighted by atomic mass is 32.1. The second-order valence-electron chi connectivity index (χ2n) is 4.43. The maximum Gasteiger partial charge on any atom is 0.276 e. The van der Waals surface area contributed by atoms with Crippen LogP contribution in [0.1, 0.15) is 0 Å². The third kappa shape index (κ3) is 5.48. The van der Waals surface area contributed by atoms with E-state index in [0.29, 0.717) is 11.5 Å². The fourth-order valence-corrected chi connectivity index (χ4v) is 1.90. The Morgan fingerprint density at radius 1 is 1.00 bits per heavy atom. The van der Waals surface area contributed by atoms with Gasteiger partial charge in [0.2, 0.25) is 0 Å². The molecule has 0 aliphatic rings. The van der Waals surface area contributed by atoms with Crippen molar-refractivity contribution in [1.82, 2.24) is 10.9 Å². The lowest BCUT2D eigenvalue weighted by atomic mass is 10.3. The van der Waals surface area contributed by atoms with Crippen molar-refractivity contribution in [2.24, 2.45) is 0 Å². The van der Waals surface area contributed by atoms with Crippen LogP contribution in [-0.4, -0.2) is 24.7 Å². The number of methoxy groups -OCH3 is 1. The molecule has 6 nitrogen and oxygen atoms in total. The number of thiocarbonyl (C=S) groups is 1. The topological polar surface area (TPSA) is 71.6 Å². The van der Waals surface area contributed by atoms with Gasteiger partial charge in [0.1, 0.15) is 0 Å². The van der Waals surface area contributed by atoms with Gasteiger partial charge in [0.15, 0.2) is 23.2 Å². The minimum atomic E-state index is -0.367. The Bertz CT molecular complexity index is 665. The molecule has 0 unspecified atom stereocenters. The molecule has 0 spiro atoms. The first-order chi connectivity index (χ1) is 11.2. The number of benzene rings is 2. The summed E-state index contributed by atoms with van der Waals surface area (Å²) in [5, 5.41) is 3.21. The molecule has 120 valence electrons. The molecule has 0 aliphatic heterocycles. The van der Waals surface area contributed by atoms with E-state index in [1.165, 1.54) is 7.11 Å². The predicted molar refractivity (Wildman–Crippen MR) is 92.4 cm³/mol. The molecule has 0 aromatic heterocycles. The number of hydrogen-bond donors (Lipinski definition) is 3.